The van der Waals surface area contributed by atoms with Crippen molar-refractivity contribution in [2.75, 3.05) is 11.9 Å². The highest BCUT2D eigenvalue weighted by molar-refractivity contribution is 5.84. The first-order valence-electron chi connectivity index (χ1n) is 5.96. The summed E-state index contributed by atoms with van der Waals surface area (Å²) >= 11 is 0. The van der Waals surface area contributed by atoms with Crippen LogP contribution in [0.2, 0.25) is 0 Å². The van der Waals surface area contributed by atoms with E-state index in [1.165, 1.54) is 0 Å². The predicted octanol–water partition coefficient (Wildman–Crippen LogP) is 1.57. The van der Waals surface area contributed by atoms with Gasteiger partial charge in [-0.2, -0.15) is 0 Å². The fraction of sp³-hybridized carbons (Fsp3) is 0.308. The van der Waals surface area contributed by atoms with Crippen molar-refractivity contribution in [3.05, 3.63) is 30.5 Å². The van der Waals surface area contributed by atoms with Gasteiger partial charge in [-0.25, -0.2) is 4.98 Å². The molecular weight excluding hydrogens is 228 g/mol. The first kappa shape index (κ1) is 12.3. The number of carbonyl (C=O) groups is 1. The van der Waals surface area contributed by atoms with Crippen LogP contribution >= 0.6 is 0 Å². The van der Waals surface area contributed by atoms with Crippen LogP contribution in [0, 0.1) is 0 Å². The number of nitrogens with zero attached hydrogens (tertiary/aromatic N) is 2. The van der Waals surface area contributed by atoms with Crippen LogP contribution in [-0.2, 0) is 4.79 Å². The number of anilines is 1. The van der Waals surface area contributed by atoms with Crippen LogP contribution in [0.5, 0.6) is 0 Å². The Hall–Kier alpha value is -2.17. The summed E-state index contributed by atoms with van der Waals surface area (Å²) < 4.78 is 0. The lowest BCUT2D eigenvalue weighted by molar-refractivity contribution is -0.121. The molecule has 0 radical (unpaired) electrons. The van der Waals surface area contributed by atoms with E-state index in [1.807, 2.05) is 31.2 Å². The van der Waals surface area contributed by atoms with Gasteiger partial charge in [0.2, 0.25) is 5.91 Å². The van der Waals surface area contributed by atoms with E-state index >= 15 is 0 Å². The average Bonchev–Trinajstić information content (AvgIpc) is 2.39. The van der Waals surface area contributed by atoms with Crippen LogP contribution in [0.4, 0.5) is 5.82 Å². The van der Waals surface area contributed by atoms with E-state index in [-0.39, 0.29) is 11.9 Å². The summed E-state index contributed by atoms with van der Waals surface area (Å²) in [5.74, 6) is 0.555. The minimum Gasteiger partial charge on any atom is -0.357 e. The largest absolute Gasteiger partial charge is 0.357 e. The number of carbonyl (C=O) groups excluding carboxylic acids is 1. The molecule has 94 valence electrons. The molecule has 0 saturated heterocycles. The summed E-state index contributed by atoms with van der Waals surface area (Å²) in [6.45, 7) is 4.30. The maximum atomic E-state index is 11.6. The summed E-state index contributed by atoms with van der Waals surface area (Å²) in [6, 6.07) is 7.29. The van der Waals surface area contributed by atoms with Crippen LogP contribution in [0.25, 0.3) is 11.0 Å². The normalized spacial score (nSPS) is 12.1. The maximum absolute atomic E-state index is 11.6. The van der Waals surface area contributed by atoms with Gasteiger partial charge in [0.05, 0.1) is 17.2 Å². The van der Waals surface area contributed by atoms with Gasteiger partial charge in [0, 0.05) is 6.54 Å². The second-order valence-corrected chi connectivity index (χ2v) is 4.00. The van der Waals surface area contributed by atoms with Gasteiger partial charge in [0.25, 0.3) is 0 Å². The molecule has 0 aliphatic carbocycles. The van der Waals surface area contributed by atoms with Crippen LogP contribution in [0.1, 0.15) is 13.8 Å². The topological polar surface area (TPSA) is 66.9 Å². The number of hydrogen-bond donors (Lipinski definition) is 2. The first-order chi connectivity index (χ1) is 8.70. The summed E-state index contributed by atoms with van der Waals surface area (Å²) in [4.78, 5) is 20.3. The third-order valence-electron chi connectivity index (χ3n) is 2.56. The second kappa shape index (κ2) is 5.44. The van der Waals surface area contributed by atoms with Crippen molar-refractivity contribution in [3.63, 3.8) is 0 Å². The van der Waals surface area contributed by atoms with Gasteiger partial charge in [-0.1, -0.05) is 12.1 Å². The highest BCUT2D eigenvalue weighted by Gasteiger charge is 2.12. The average molecular weight is 244 g/mol. The van der Waals surface area contributed by atoms with Gasteiger partial charge in [-0.05, 0) is 26.0 Å². The van der Waals surface area contributed by atoms with Gasteiger partial charge < -0.3 is 10.6 Å². The molecule has 2 rings (SSSR count). The number of para-hydroxylation sites is 2. The number of amides is 1. The fourth-order valence-electron chi connectivity index (χ4n) is 1.64. The molecule has 1 atom stereocenters. The molecule has 0 bridgehead atoms. The lowest BCUT2D eigenvalue weighted by Crippen LogP contribution is -2.37. The van der Waals surface area contributed by atoms with Crippen molar-refractivity contribution in [2.24, 2.45) is 0 Å². The van der Waals surface area contributed by atoms with E-state index < -0.39 is 0 Å². The zero-order valence-electron chi connectivity index (χ0n) is 10.5. The Morgan fingerprint density at radius 1 is 1.33 bits per heavy atom. The number of fused-ring (bicyclic) bond motifs is 1. The number of aromatic nitrogens is 2. The molecule has 0 fully saturated rings. The van der Waals surface area contributed by atoms with E-state index in [2.05, 4.69) is 20.6 Å². The van der Waals surface area contributed by atoms with Crippen LogP contribution < -0.4 is 10.6 Å². The zero-order valence-corrected chi connectivity index (χ0v) is 10.5. The lowest BCUT2D eigenvalue weighted by atomic mass is 10.3. The Bertz CT molecular complexity index is 555. The SMILES string of the molecule is CCNC(=O)[C@H](C)Nc1cnc2ccccc2n1. The molecule has 1 aromatic heterocycles. The Balaban J connectivity index is 2.14. The zero-order chi connectivity index (χ0) is 13.0. The first-order valence-corrected chi connectivity index (χ1v) is 5.96. The number of benzene rings is 1. The number of hydrogen-bond acceptors (Lipinski definition) is 4. The monoisotopic (exact) mass is 244 g/mol. The molecule has 0 aliphatic rings. The van der Waals surface area contributed by atoms with E-state index in [1.54, 1.807) is 13.1 Å². The third-order valence-corrected chi connectivity index (χ3v) is 2.56. The van der Waals surface area contributed by atoms with Crippen LogP contribution in [0.15, 0.2) is 30.5 Å². The van der Waals surface area contributed by atoms with E-state index in [4.69, 9.17) is 0 Å². The van der Waals surface area contributed by atoms with Gasteiger partial charge in [0.1, 0.15) is 11.9 Å². The standard InChI is InChI=1S/C13H16N4O/c1-3-14-13(18)9(2)16-12-8-15-10-6-4-5-7-11(10)17-12/h4-9H,3H2,1-2H3,(H,14,18)(H,16,17)/t9-/m0/s1. The molecule has 1 amide bonds. The molecule has 0 aliphatic heterocycles. The highest BCUT2D eigenvalue weighted by atomic mass is 16.2. The van der Waals surface area contributed by atoms with Gasteiger partial charge in [-0.3, -0.25) is 9.78 Å². The third kappa shape index (κ3) is 2.74. The van der Waals surface area contributed by atoms with Gasteiger partial charge >= 0.3 is 0 Å². The molecule has 1 aromatic carbocycles. The molecule has 0 unspecified atom stereocenters. The van der Waals surface area contributed by atoms with Crippen molar-refractivity contribution in [3.8, 4) is 0 Å². The van der Waals surface area contributed by atoms with E-state index in [9.17, 15) is 4.79 Å². The van der Waals surface area contributed by atoms with Crippen molar-refractivity contribution >= 4 is 22.8 Å². The Labute approximate surface area is 106 Å². The molecule has 1 heterocycles. The summed E-state index contributed by atoms with van der Waals surface area (Å²) in [5, 5.41) is 5.79. The number of likely N-dealkylation sites (N-methyl/N-ethyl adjacent to an activating group) is 1. The Morgan fingerprint density at radius 3 is 2.78 bits per heavy atom. The summed E-state index contributed by atoms with van der Waals surface area (Å²) in [7, 11) is 0. The number of nitrogens with one attached hydrogen (secondary N) is 2. The van der Waals surface area contributed by atoms with Crippen molar-refractivity contribution < 1.29 is 4.79 Å². The van der Waals surface area contributed by atoms with Crippen LogP contribution in [0.3, 0.4) is 0 Å². The van der Waals surface area contributed by atoms with Gasteiger partial charge in [-0.15, -0.1) is 0 Å². The quantitative estimate of drug-likeness (QED) is 0.856. The predicted molar refractivity (Wildman–Crippen MR) is 71.3 cm³/mol. The van der Waals surface area contributed by atoms with Crippen molar-refractivity contribution in [1.82, 2.24) is 15.3 Å². The summed E-state index contributed by atoms with van der Waals surface area (Å²) in [6.07, 6.45) is 1.64. The maximum Gasteiger partial charge on any atom is 0.242 e. The molecule has 18 heavy (non-hydrogen) atoms. The Kier molecular flexibility index (Phi) is 3.72. The summed E-state index contributed by atoms with van der Waals surface area (Å²) in [5.41, 5.74) is 1.65. The fourth-order valence-corrected chi connectivity index (χ4v) is 1.64. The minimum absolute atomic E-state index is 0.0486. The van der Waals surface area contributed by atoms with E-state index in [0.29, 0.717) is 12.4 Å². The second-order valence-electron chi connectivity index (χ2n) is 4.00. The smallest absolute Gasteiger partial charge is 0.242 e. The molecule has 2 N–H and O–H groups in total. The molecule has 5 heteroatoms. The van der Waals surface area contributed by atoms with Crippen molar-refractivity contribution in [2.45, 2.75) is 19.9 Å². The molecule has 0 saturated carbocycles. The van der Waals surface area contributed by atoms with Gasteiger partial charge in [0.15, 0.2) is 0 Å². The molecule has 2 aromatic rings. The molecule has 5 nitrogen and oxygen atoms in total. The van der Waals surface area contributed by atoms with Crippen LogP contribution in [-0.4, -0.2) is 28.5 Å². The Morgan fingerprint density at radius 2 is 2.06 bits per heavy atom. The molecule has 0 spiro atoms. The van der Waals surface area contributed by atoms with Crippen molar-refractivity contribution in [1.29, 1.82) is 0 Å². The number of rotatable bonds is 4. The lowest BCUT2D eigenvalue weighted by Gasteiger charge is -2.13. The highest BCUT2D eigenvalue weighted by Crippen LogP contribution is 2.11. The van der Waals surface area contributed by atoms with E-state index in [0.717, 1.165) is 11.0 Å². The minimum atomic E-state index is -0.333. The molecular formula is C13H16N4O.